The minimum absolute atomic E-state index is 0.220. The number of hydrogen-bond acceptors (Lipinski definition) is 5. The summed E-state index contributed by atoms with van der Waals surface area (Å²) >= 11 is 7.04. The third kappa shape index (κ3) is 4.96. The average Bonchev–Trinajstić information content (AvgIpc) is 3.11. The molecule has 1 N–H and O–H groups in total. The SMILES string of the molecule is CCOc1ccc(-c2ccc(=O)n(CCNC(=O)c3ccc(Cl)s3)n2)cc1. The highest BCUT2D eigenvalue weighted by molar-refractivity contribution is 7.17. The highest BCUT2D eigenvalue weighted by atomic mass is 35.5. The molecule has 0 aliphatic heterocycles. The monoisotopic (exact) mass is 403 g/mol. The van der Waals surface area contributed by atoms with Crippen LogP contribution in [0, 0.1) is 0 Å². The van der Waals surface area contributed by atoms with E-state index in [4.69, 9.17) is 16.3 Å². The maximum absolute atomic E-state index is 12.0. The van der Waals surface area contributed by atoms with Gasteiger partial charge in [-0.3, -0.25) is 9.59 Å². The molecular weight excluding hydrogens is 386 g/mol. The van der Waals surface area contributed by atoms with Crippen LogP contribution in [0.25, 0.3) is 11.3 Å². The number of amides is 1. The highest BCUT2D eigenvalue weighted by Crippen LogP contribution is 2.21. The standard InChI is InChI=1S/C19H18ClN3O3S/c1-2-26-14-5-3-13(4-6-14)15-7-10-18(24)23(22-15)12-11-21-19(25)16-8-9-17(20)27-16/h3-10H,2,11-12H2,1H3,(H,21,25). The molecule has 0 radical (unpaired) electrons. The van der Waals surface area contributed by atoms with Crippen molar-refractivity contribution in [3.8, 4) is 17.0 Å². The number of halogens is 1. The molecule has 27 heavy (non-hydrogen) atoms. The van der Waals surface area contributed by atoms with E-state index in [1.807, 2.05) is 31.2 Å². The zero-order valence-electron chi connectivity index (χ0n) is 14.6. The van der Waals surface area contributed by atoms with E-state index in [0.717, 1.165) is 11.3 Å². The fourth-order valence-electron chi connectivity index (χ4n) is 2.45. The molecule has 140 valence electrons. The molecule has 2 heterocycles. The van der Waals surface area contributed by atoms with Crippen molar-refractivity contribution in [2.75, 3.05) is 13.2 Å². The van der Waals surface area contributed by atoms with Gasteiger partial charge in [0, 0.05) is 18.2 Å². The second kappa shape index (κ2) is 8.83. The number of rotatable bonds is 7. The van der Waals surface area contributed by atoms with Crippen molar-refractivity contribution in [3.63, 3.8) is 0 Å². The Morgan fingerprint density at radius 3 is 2.63 bits per heavy atom. The summed E-state index contributed by atoms with van der Waals surface area (Å²) < 4.78 is 7.33. The first kappa shape index (κ1) is 19.1. The van der Waals surface area contributed by atoms with Gasteiger partial charge in [-0.15, -0.1) is 11.3 Å². The number of aromatic nitrogens is 2. The first-order valence-electron chi connectivity index (χ1n) is 8.42. The van der Waals surface area contributed by atoms with E-state index in [-0.39, 0.29) is 24.6 Å². The molecule has 3 rings (SSSR count). The molecule has 0 aliphatic rings. The number of nitrogens with zero attached hydrogens (tertiary/aromatic N) is 2. The van der Waals surface area contributed by atoms with Gasteiger partial charge in [0.2, 0.25) is 0 Å². The van der Waals surface area contributed by atoms with Gasteiger partial charge >= 0.3 is 0 Å². The molecule has 0 unspecified atom stereocenters. The Bertz CT molecular complexity index is 982. The largest absolute Gasteiger partial charge is 0.494 e. The van der Waals surface area contributed by atoms with Crippen molar-refractivity contribution in [2.45, 2.75) is 13.5 Å². The van der Waals surface area contributed by atoms with Crippen LogP contribution in [0.4, 0.5) is 0 Å². The van der Waals surface area contributed by atoms with Gasteiger partial charge in [-0.25, -0.2) is 4.68 Å². The summed E-state index contributed by atoms with van der Waals surface area (Å²) in [5.41, 5.74) is 1.33. The Labute approximate surface area is 165 Å². The summed E-state index contributed by atoms with van der Waals surface area (Å²) in [5, 5.41) is 7.15. The second-order valence-electron chi connectivity index (χ2n) is 5.60. The molecule has 1 amide bonds. The maximum atomic E-state index is 12.0. The van der Waals surface area contributed by atoms with Crippen LogP contribution < -0.4 is 15.6 Å². The minimum Gasteiger partial charge on any atom is -0.494 e. The van der Waals surface area contributed by atoms with Crippen LogP contribution in [-0.4, -0.2) is 28.8 Å². The molecule has 0 atom stereocenters. The van der Waals surface area contributed by atoms with E-state index < -0.39 is 0 Å². The summed E-state index contributed by atoms with van der Waals surface area (Å²) in [6.45, 7) is 3.09. The normalized spacial score (nSPS) is 10.6. The number of nitrogens with one attached hydrogen (secondary N) is 1. The Hall–Kier alpha value is -2.64. The van der Waals surface area contributed by atoms with Crippen LogP contribution in [0.1, 0.15) is 16.6 Å². The van der Waals surface area contributed by atoms with Crippen molar-refractivity contribution >= 4 is 28.8 Å². The van der Waals surface area contributed by atoms with Crippen LogP contribution in [-0.2, 0) is 6.54 Å². The first-order valence-corrected chi connectivity index (χ1v) is 9.61. The molecule has 3 aromatic rings. The quantitative estimate of drug-likeness (QED) is 0.655. The van der Waals surface area contributed by atoms with Crippen LogP contribution >= 0.6 is 22.9 Å². The average molecular weight is 404 g/mol. The lowest BCUT2D eigenvalue weighted by molar-refractivity contribution is 0.0956. The topological polar surface area (TPSA) is 73.2 Å². The third-order valence-corrected chi connectivity index (χ3v) is 4.96. The number of benzene rings is 1. The molecular formula is C19H18ClN3O3S. The molecule has 1 aromatic carbocycles. The van der Waals surface area contributed by atoms with Crippen molar-refractivity contribution in [1.29, 1.82) is 0 Å². The Balaban J connectivity index is 1.66. The molecule has 0 fully saturated rings. The predicted octanol–water partition coefficient (Wildman–Crippen LogP) is 3.45. The van der Waals surface area contributed by atoms with Crippen LogP contribution in [0.15, 0.2) is 53.3 Å². The lowest BCUT2D eigenvalue weighted by Gasteiger charge is -2.09. The predicted molar refractivity (Wildman–Crippen MR) is 107 cm³/mol. The van der Waals surface area contributed by atoms with Crippen molar-refractivity contribution < 1.29 is 9.53 Å². The van der Waals surface area contributed by atoms with Crippen molar-refractivity contribution in [3.05, 3.63) is 68.1 Å². The summed E-state index contributed by atoms with van der Waals surface area (Å²) in [5.74, 6) is 0.564. The molecule has 0 spiro atoms. The van der Waals surface area contributed by atoms with Gasteiger partial charge in [-0.2, -0.15) is 5.10 Å². The first-order chi connectivity index (χ1) is 13.1. The number of carbonyl (C=O) groups excluding carboxylic acids is 1. The zero-order chi connectivity index (χ0) is 19.2. The summed E-state index contributed by atoms with van der Waals surface area (Å²) in [7, 11) is 0. The molecule has 2 aromatic heterocycles. The smallest absolute Gasteiger partial charge is 0.266 e. The van der Waals surface area contributed by atoms with E-state index >= 15 is 0 Å². The lowest BCUT2D eigenvalue weighted by Crippen LogP contribution is -2.31. The van der Waals surface area contributed by atoms with Crippen LogP contribution in [0.2, 0.25) is 4.34 Å². The fraction of sp³-hybridized carbons (Fsp3) is 0.211. The van der Waals surface area contributed by atoms with Gasteiger partial charge in [0.1, 0.15) is 5.75 Å². The summed E-state index contributed by atoms with van der Waals surface area (Å²) in [6.07, 6.45) is 0. The van der Waals surface area contributed by atoms with Gasteiger partial charge in [0.15, 0.2) is 0 Å². The van der Waals surface area contributed by atoms with E-state index in [1.165, 1.54) is 22.1 Å². The third-order valence-electron chi connectivity index (χ3n) is 3.73. The van der Waals surface area contributed by atoms with Gasteiger partial charge in [0.05, 0.1) is 28.1 Å². The minimum atomic E-state index is -0.224. The molecule has 6 nitrogen and oxygen atoms in total. The van der Waals surface area contributed by atoms with E-state index in [1.54, 1.807) is 18.2 Å². The maximum Gasteiger partial charge on any atom is 0.266 e. The Morgan fingerprint density at radius 2 is 1.96 bits per heavy atom. The Kier molecular flexibility index (Phi) is 6.26. The van der Waals surface area contributed by atoms with E-state index in [0.29, 0.717) is 21.5 Å². The van der Waals surface area contributed by atoms with Crippen molar-refractivity contribution in [1.82, 2.24) is 15.1 Å². The van der Waals surface area contributed by atoms with E-state index in [9.17, 15) is 9.59 Å². The van der Waals surface area contributed by atoms with Crippen LogP contribution in [0.3, 0.4) is 0 Å². The van der Waals surface area contributed by atoms with Gasteiger partial charge < -0.3 is 10.1 Å². The van der Waals surface area contributed by atoms with Crippen LogP contribution in [0.5, 0.6) is 5.75 Å². The summed E-state index contributed by atoms with van der Waals surface area (Å²) in [6, 6.07) is 14.0. The number of hydrogen-bond donors (Lipinski definition) is 1. The second-order valence-corrected chi connectivity index (χ2v) is 7.31. The van der Waals surface area contributed by atoms with Gasteiger partial charge in [-0.05, 0) is 49.4 Å². The van der Waals surface area contributed by atoms with Gasteiger partial charge in [0.25, 0.3) is 11.5 Å². The number of ether oxygens (including phenoxy) is 1. The molecule has 8 heteroatoms. The molecule has 0 saturated heterocycles. The molecule has 0 aliphatic carbocycles. The number of thiophene rings is 1. The van der Waals surface area contributed by atoms with E-state index in [2.05, 4.69) is 10.4 Å². The summed E-state index contributed by atoms with van der Waals surface area (Å²) in [4.78, 5) is 24.6. The zero-order valence-corrected chi connectivity index (χ0v) is 16.2. The molecule has 0 saturated carbocycles. The molecule has 0 bridgehead atoms. The lowest BCUT2D eigenvalue weighted by atomic mass is 10.1. The number of carbonyl (C=O) groups is 1. The fourth-order valence-corrected chi connectivity index (χ4v) is 3.41. The van der Waals surface area contributed by atoms with Crippen molar-refractivity contribution in [2.24, 2.45) is 0 Å². The van der Waals surface area contributed by atoms with Gasteiger partial charge in [-0.1, -0.05) is 11.6 Å². The Morgan fingerprint density at radius 1 is 1.19 bits per heavy atom. The highest BCUT2D eigenvalue weighted by Gasteiger charge is 2.09.